The van der Waals surface area contributed by atoms with Crippen LogP contribution in [0.1, 0.15) is 50.7 Å². The van der Waals surface area contributed by atoms with E-state index in [2.05, 4.69) is 62.8 Å². The Labute approximate surface area is 221 Å². The quantitative estimate of drug-likeness (QED) is 0.315. The van der Waals surface area contributed by atoms with Crippen molar-refractivity contribution in [3.63, 3.8) is 0 Å². The Balaban J connectivity index is 1.49. The molecule has 0 bridgehead atoms. The molecule has 0 fully saturated rings. The van der Waals surface area contributed by atoms with Gasteiger partial charge in [-0.15, -0.1) is 0 Å². The number of rotatable bonds is 9. The van der Waals surface area contributed by atoms with Gasteiger partial charge in [0.2, 0.25) is 5.91 Å². The van der Waals surface area contributed by atoms with Gasteiger partial charge in [0.05, 0.1) is 16.0 Å². The van der Waals surface area contributed by atoms with Crippen LogP contribution in [0.25, 0.3) is 0 Å². The second-order valence-corrected chi connectivity index (χ2v) is 12.0. The van der Waals surface area contributed by atoms with Gasteiger partial charge in [0, 0.05) is 23.9 Å². The van der Waals surface area contributed by atoms with E-state index in [-0.39, 0.29) is 28.5 Å². The zero-order valence-corrected chi connectivity index (χ0v) is 23.5. The third kappa shape index (κ3) is 7.76. The first-order valence-electron chi connectivity index (χ1n) is 11.5. The molecule has 2 N–H and O–H groups in total. The number of nitrogens with one attached hydrogen (secondary N) is 2. The normalized spacial score (nSPS) is 11.7. The molecule has 0 aliphatic rings. The largest absolute Gasteiger partial charge is 0.492 e. The van der Waals surface area contributed by atoms with E-state index in [1.807, 2.05) is 12.1 Å². The smallest absolute Gasteiger partial charge is 0.263 e. The van der Waals surface area contributed by atoms with Gasteiger partial charge < -0.3 is 10.1 Å². The zero-order chi connectivity index (χ0) is 26.5. The fourth-order valence-electron chi connectivity index (χ4n) is 3.41. The number of benzene rings is 2. The molecule has 36 heavy (non-hydrogen) atoms. The van der Waals surface area contributed by atoms with E-state index in [0.717, 1.165) is 10.2 Å². The fourth-order valence-corrected chi connectivity index (χ4v) is 4.89. The molecule has 0 aliphatic heterocycles. The first kappa shape index (κ1) is 27.6. The maximum absolute atomic E-state index is 12.7. The molecule has 0 saturated heterocycles. The first-order valence-corrected chi connectivity index (χ1v) is 13.8. The van der Waals surface area contributed by atoms with Crippen LogP contribution in [0.15, 0.2) is 57.9 Å². The van der Waals surface area contributed by atoms with Crippen molar-refractivity contribution in [2.24, 2.45) is 0 Å². The molecule has 1 amide bonds. The van der Waals surface area contributed by atoms with Gasteiger partial charge in [0.25, 0.3) is 10.0 Å². The van der Waals surface area contributed by atoms with Gasteiger partial charge in [0.1, 0.15) is 17.4 Å². The number of aromatic nitrogens is 2. The molecule has 0 aliphatic carbocycles. The Kier molecular flexibility index (Phi) is 8.73. The van der Waals surface area contributed by atoms with Crippen molar-refractivity contribution >= 4 is 43.4 Å². The van der Waals surface area contributed by atoms with Crippen LogP contribution in [0.5, 0.6) is 5.75 Å². The van der Waals surface area contributed by atoms with Crippen LogP contribution >= 0.6 is 15.9 Å². The van der Waals surface area contributed by atoms with E-state index >= 15 is 0 Å². The molecule has 3 rings (SSSR count). The number of amides is 1. The second-order valence-electron chi connectivity index (χ2n) is 9.47. The van der Waals surface area contributed by atoms with Crippen molar-refractivity contribution in [1.82, 2.24) is 9.97 Å². The summed E-state index contributed by atoms with van der Waals surface area (Å²) in [6.07, 6.45) is 0.805. The van der Waals surface area contributed by atoms with Gasteiger partial charge in [-0.2, -0.15) is 0 Å². The lowest BCUT2D eigenvalue weighted by Crippen LogP contribution is -2.15. The number of halogens is 1. The monoisotopic (exact) mass is 574 g/mol. The number of carbonyl (C=O) groups is 1. The van der Waals surface area contributed by atoms with Gasteiger partial charge >= 0.3 is 0 Å². The van der Waals surface area contributed by atoms with Crippen LogP contribution < -0.4 is 14.8 Å². The number of nitrogens with zero attached hydrogens (tertiary/aromatic N) is 2. The Hall–Kier alpha value is -2.98. The molecule has 0 unspecified atom stereocenters. The lowest BCUT2D eigenvalue weighted by Gasteiger charge is -2.20. The maximum atomic E-state index is 12.7. The molecular formula is C26H31BrN4O4S. The minimum absolute atomic E-state index is 0.0487. The number of anilines is 2. The average Bonchev–Trinajstić information content (AvgIpc) is 2.76. The lowest BCUT2D eigenvalue weighted by molar-refractivity contribution is -0.116. The van der Waals surface area contributed by atoms with Crippen molar-refractivity contribution in [1.29, 1.82) is 0 Å². The highest BCUT2D eigenvalue weighted by Gasteiger charge is 2.17. The number of sulfonamides is 1. The zero-order valence-electron chi connectivity index (χ0n) is 21.1. The summed E-state index contributed by atoms with van der Waals surface area (Å²) in [4.78, 5) is 20.6. The van der Waals surface area contributed by atoms with Crippen LogP contribution in [-0.4, -0.2) is 30.9 Å². The highest BCUT2D eigenvalue weighted by atomic mass is 79.9. The predicted molar refractivity (Wildman–Crippen MR) is 145 cm³/mol. The standard InChI is InChI=1S/C26H31BrN4O4S/c1-17-15-24(29-18(2)28-17)31-36(33,34)21-11-9-20(10-12-21)30-25(32)7-6-14-35-23-13-8-19(16-22(23)27)26(3,4)5/h8-13,15-16H,6-7,14H2,1-5H3,(H,30,32)(H,28,29,31). The summed E-state index contributed by atoms with van der Waals surface area (Å²) in [5.74, 6) is 1.24. The average molecular weight is 576 g/mol. The minimum atomic E-state index is -3.82. The third-order valence-corrected chi connectivity index (χ3v) is 7.25. The van der Waals surface area contributed by atoms with Crippen molar-refractivity contribution < 1.29 is 17.9 Å². The van der Waals surface area contributed by atoms with Crippen molar-refractivity contribution in [2.75, 3.05) is 16.6 Å². The molecule has 0 atom stereocenters. The summed E-state index contributed by atoms with van der Waals surface area (Å²) in [5.41, 5.74) is 2.42. The highest BCUT2D eigenvalue weighted by Crippen LogP contribution is 2.31. The topological polar surface area (TPSA) is 110 Å². The maximum Gasteiger partial charge on any atom is 0.263 e. The Bertz CT molecular complexity index is 1320. The molecule has 1 aromatic heterocycles. The predicted octanol–water partition coefficient (Wildman–Crippen LogP) is 5.75. The molecule has 0 radical (unpaired) electrons. The van der Waals surface area contributed by atoms with Crippen molar-refractivity contribution in [3.8, 4) is 5.75 Å². The van der Waals surface area contributed by atoms with E-state index in [1.165, 1.54) is 17.7 Å². The van der Waals surface area contributed by atoms with Crippen LogP contribution in [0.3, 0.4) is 0 Å². The second kappa shape index (κ2) is 11.4. The van der Waals surface area contributed by atoms with Crippen molar-refractivity contribution in [3.05, 3.63) is 70.1 Å². The van der Waals surface area contributed by atoms with Crippen LogP contribution in [0.2, 0.25) is 0 Å². The molecule has 8 nitrogen and oxygen atoms in total. The van der Waals surface area contributed by atoms with Gasteiger partial charge in [-0.05, 0) is 83.6 Å². The Morgan fingerprint density at radius 2 is 1.72 bits per heavy atom. The molecule has 3 aromatic rings. The summed E-state index contributed by atoms with van der Waals surface area (Å²) >= 11 is 3.55. The molecular weight excluding hydrogens is 544 g/mol. The fraction of sp³-hybridized carbons (Fsp3) is 0.346. The number of ether oxygens (including phenoxy) is 1. The number of hydrogen-bond acceptors (Lipinski definition) is 6. The van der Waals surface area contributed by atoms with E-state index in [0.29, 0.717) is 30.2 Å². The summed E-state index contributed by atoms with van der Waals surface area (Å²) in [6, 6.07) is 13.5. The summed E-state index contributed by atoms with van der Waals surface area (Å²) in [5, 5.41) is 2.78. The number of carbonyl (C=O) groups excluding carboxylic acids is 1. The SMILES string of the molecule is Cc1cc(NS(=O)(=O)c2ccc(NC(=O)CCCOc3ccc(C(C)(C)C)cc3Br)cc2)nc(C)n1. The molecule has 10 heteroatoms. The van der Waals surface area contributed by atoms with Crippen LogP contribution in [0.4, 0.5) is 11.5 Å². The Morgan fingerprint density at radius 3 is 2.33 bits per heavy atom. The molecule has 1 heterocycles. The van der Waals surface area contributed by atoms with Crippen LogP contribution in [0, 0.1) is 13.8 Å². The van der Waals surface area contributed by atoms with Crippen LogP contribution in [-0.2, 0) is 20.2 Å². The third-order valence-electron chi connectivity index (χ3n) is 5.26. The van der Waals surface area contributed by atoms with E-state index in [9.17, 15) is 13.2 Å². The lowest BCUT2D eigenvalue weighted by atomic mass is 9.87. The number of aryl methyl sites for hydroxylation is 2. The van der Waals surface area contributed by atoms with E-state index in [4.69, 9.17) is 4.74 Å². The molecule has 192 valence electrons. The Morgan fingerprint density at radius 1 is 1.03 bits per heavy atom. The summed E-state index contributed by atoms with van der Waals surface area (Å²) in [6.45, 7) is 10.3. The van der Waals surface area contributed by atoms with E-state index in [1.54, 1.807) is 32.0 Å². The van der Waals surface area contributed by atoms with Gasteiger partial charge in [0.15, 0.2) is 0 Å². The molecule has 2 aromatic carbocycles. The van der Waals surface area contributed by atoms with Gasteiger partial charge in [-0.3, -0.25) is 9.52 Å². The molecule has 0 spiro atoms. The minimum Gasteiger partial charge on any atom is -0.492 e. The van der Waals surface area contributed by atoms with E-state index < -0.39 is 10.0 Å². The van der Waals surface area contributed by atoms with Crippen molar-refractivity contribution in [2.45, 2.75) is 57.8 Å². The number of hydrogen-bond donors (Lipinski definition) is 2. The summed E-state index contributed by atoms with van der Waals surface area (Å²) < 4.78 is 34.5. The van der Waals surface area contributed by atoms with Gasteiger partial charge in [-0.25, -0.2) is 18.4 Å². The first-order chi connectivity index (χ1) is 16.8. The highest BCUT2D eigenvalue weighted by molar-refractivity contribution is 9.10. The van der Waals surface area contributed by atoms with Gasteiger partial charge in [-0.1, -0.05) is 26.8 Å². The molecule has 0 saturated carbocycles. The summed E-state index contributed by atoms with van der Waals surface area (Å²) in [7, 11) is -3.82.